The second-order valence-electron chi connectivity index (χ2n) is 8.21. The van der Waals surface area contributed by atoms with Crippen LogP contribution in [0.2, 0.25) is 0 Å². The molecule has 0 heterocycles. The molecule has 174 valence electrons. The fourth-order valence-electron chi connectivity index (χ4n) is 2.24. The van der Waals surface area contributed by atoms with Crippen molar-refractivity contribution >= 4 is 36.3 Å². The molecule has 0 aliphatic carbocycles. The van der Waals surface area contributed by atoms with Gasteiger partial charge in [-0.25, -0.2) is 4.57 Å². The lowest BCUT2D eigenvalue weighted by molar-refractivity contribution is -0.384. The predicted molar refractivity (Wildman–Crippen MR) is 118 cm³/mol. The molecule has 10 nitrogen and oxygen atoms in total. The molecule has 0 aliphatic heterocycles. The van der Waals surface area contributed by atoms with Crippen LogP contribution in [-0.4, -0.2) is 39.5 Å². The number of carbonyl (C=O) groups is 2. The van der Waals surface area contributed by atoms with Gasteiger partial charge in [-0.05, 0) is 24.5 Å². The van der Waals surface area contributed by atoms with E-state index in [1.54, 1.807) is 20.8 Å². The van der Waals surface area contributed by atoms with Gasteiger partial charge in [-0.15, -0.1) is 0 Å². The summed E-state index contributed by atoms with van der Waals surface area (Å²) < 4.78 is 24.1. The Morgan fingerprint density at radius 3 is 2.29 bits per heavy atom. The molecule has 0 aromatic heterocycles. The number of non-ortho nitro benzene ring substituents is 1. The molecule has 0 saturated carbocycles. The minimum absolute atomic E-state index is 0.00791. The summed E-state index contributed by atoms with van der Waals surface area (Å²) in [6.45, 7) is 8.81. The average molecular weight is 476 g/mol. The lowest BCUT2D eigenvalue weighted by Gasteiger charge is -2.24. The molecule has 0 saturated heterocycles. The fourth-order valence-corrected chi connectivity index (χ4v) is 4.65. The van der Waals surface area contributed by atoms with Crippen LogP contribution in [0.15, 0.2) is 24.3 Å². The number of nitro groups is 1. The fraction of sp³-hybridized carbons (Fsp3) is 0.579. The summed E-state index contributed by atoms with van der Waals surface area (Å²) in [5, 5.41) is 22.6. The van der Waals surface area contributed by atoms with Crippen molar-refractivity contribution < 1.29 is 33.2 Å². The molecular weight excluding hydrogens is 447 g/mol. The number of rotatable bonds is 12. The molecule has 12 heteroatoms. The SMILES string of the molecule is CC(C)C[C@H](NP(=O)(OCCSC(=O)C(C)(C)C)Oc1ccc([N+](=O)[O-])cc1)C(=O)O. The van der Waals surface area contributed by atoms with E-state index in [4.69, 9.17) is 9.05 Å². The molecule has 31 heavy (non-hydrogen) atoms. The highest BCUT2D eigenvalue weighted by Crippen LogP contribution is 2.45. The van der Waals surface area contributed by atoms with E-state index in [0.29, 0.717) is 0 Å². The topological polar surface area (TPSA) is 145 Å². The van der Waals surface area contributed by atoms with Crippen LogP contribution in [0.4, 0.5) is 5.69 Å². The first-order chi connectivity index (χ1) is 14.2. The van der Waals surface area contributed by atoms with Gasteiger partial charge >= 0.3 is 13.7 Å². The molecule has 1 aromatic rings. The molecule has 0 bridgehead atoms. The zero-order valence-corrected chi connectivity index (χ0v) is 19.9. The van der Waals surface area contributed by atoms with Crippen molar-refractivity contribution in [2.24, 2.45) is 11.3 Å². The van der Waals surface area contributed by atoms with E-state index in [1.807, 2.05) is 13.8 Å². The van der Waals surface area contributed by atoms with Crippen LogP contribution in [0, 0.1) is 21.4 Å². The van der Waals surface area contributed by atoms with Crippen LogP contribution in [0.25, 0.3) is 0 Å². The lowest BCUT2D eigenvalue weighted by atomic mass is 10.00. The Morgan fingerprint density at radius 1 is 1.26 bits per heavy atom. The number of nitro benzene ring substituents is 1. The van der Waals surface area contributed by atoms with E-state index in [1.165, 1.54) is 24.3 Å². The average Bonchev–Trinajstić information content (AvgIpc) is 2.63. The quantitative estimate of drug-likeness (QED) is 0.191. The number of aliphatic carboxylic acids is 1. The zero-order chi connectivity index (χ0) is 23.8. The van der Waals surface area contributed by atoms with Crippen LogP contribution in [0.1, 0.15) is 41.0 Å². The Hall–Kier alpha value is -1.94. The van der Waals surface area contributed by atoms with Gasteiger partial charge in [0.15, 0.2) is 5.12 Å². The van der Waals surface area contributed by atoms with Gasteiger partial charge in [0.25, 0.3) is 5.69 Å². The van der Waals surface area contributed by atoms with Gasteiger partial charge in [0, 0.05) is 23.3 Å². The minimum Gasteiger partial charge on any atom is -0.480 e. The Bertz CT molecular complexity index is 823. The third-order valence-electron chi connectivity index (χ3n) is 3.78. The van der Waals surface area contributed by atoms with Crippen molar-refractivity contribution in [1.82, 2.24) is 5.09 Å². The van der Waals surface area contributed by atoms with Gasteiger partial charge in [-0.1, -0.05) is 46.4 Å². The van der Waals surface area contributed by atoms with Gasteiger partial charge < -0.3 is 9.63 Å². The van der Waals surface area contributed by atoms with Crippen molar-refractivity contribution in [3.8, 4) is 5.75 Å². The maximum Gasteiger partial charge on any atom is 0.459 e. The van der Waals surface area contributed by atoms with E-state index in [2.05, 4.69) is 5.09 Å². The normalized spacial score (nSPS) is 14.6. The van der Waals surface area contributed by atoms with Crippen molar-refractivity contribution in [2.45, 2.75) is 47.1 Å². The summed E-state index contributed by atoms with van der Waals surface area (Å²) in [5.74, 6) is -1.04. The number of thioether (sulfide) groups is 1. The molecule has 0 aliphatic rings. The van der Waals surface area contributed by atoms with Gasteiger partial charge in [0.05, 0.1) is 11.5 Å². The highest BCUT2D eigenvalue weighted by Gasteiger charge is 2.34. The van der Waals surface area contributed by atoms with Gasteiger partial charge in [-0.2, -0.15) is 5.09 Å². The Balaban J connectivity index is 2.96. The van der Waals surface area contributed by atoms with E-state index in [-0.39, 0.29) is 41.3 Å². The molecule has 1 unspecified atom stereocenters. The molecule has 1 rings (SSSR count). The number of carboxylic acid groups (broad SMARTS) is 1. The van der Waals surface area contributed by atoms with Crippen LogP contribution < -0.4 is 9.61 Å². The van der Waals surface area contributed by atoms with Crippen LogP contribution in [0.3, 0.4) is 0 Å². The summed E-state index contributed by atoms with van der Waals surface area (Å²) >= 11 is 1.01. The molecule has 2 atom stereocenters. The monoisotopic (exact) mass is 476 g/mol. The molecule has 0 spiro atoms. The first-order valence-electron chi connectivity index (χ1n) is 9.60. The Morgan fingerprint density at radius 2 is 1.84 bits per heavy atom. The Labute approximate surface area is 185 Å². The molecule has 0 amide bonds. The highest BCUT2D eigenvalue weighted by molar-refractivity contribution is 8.13. The van der Waals surface area contributed by atoms with Crippen LogP contribution in [0.5, 0.6) is 5.75 Å². The predicted octanol–water partition coefficient (Wildman–Crippen LogP) is 4.49. The second kappa shape index (κ2) is 11.6. The van der Waals surface area contributed by atoms with E-state index in [9.17, 15) is 29.4 Å². The molecular formula is C19H29N2O8PS. The van der Waals surface area contributed by atoms with Crippen molar-refractivity contribution in [2.75, 3.05) is 12.4 Å². The summed E-state index contributed by atoms with van der Waals surface area (Å²) in [4.78, 5) is 33.8. The van der Waals surface area contributed by atoms with Crippen LogP contribution >= 0.6 is 19.5 Å². The smallest absolute Gasteiger partial charge is 0.459 e. The largest absolute Gasteiger partial charge is 0.480 e. The number of hydrogen-bond acceptors (Lipinski definition) is 8. The van der Waals surface area contributed by atoms with E-state index < -0.39 is 30.1 Å². The lowest BCUT2D eigenvalue weighted by Crippen LogP contribution is -2.37. The summed E-state index contributed by atoms with van der Waals surface area (Å²) in [5.41, 5.74) is -0.732. The maximum absolute atomic E-state index is 13.3. The summed E-state index contributed by atoms with van der Waals surface area (Å²) in [7, 11) is -4.17. The maximum atomic E-state index is 13.3. The van der Waals surface area contributed by atoms with Gasteiger partial charge in [0.1, 0.15) is 11.8 Å². The number of carboxylic acids is 1. The summed E-state index contributed by atoms with van der Waals surface area (Å²) in [6.07, 6.45) is 0.170. The minimum atomic E-state index is -4.17. The zero-order valence-electron chi connectivity index (χ0n) is 18.2. The highest BCUT2D eigenvalue weighted by atomic mass is 32.2. The first-order valence-corrected chi connectivity index (χ1v) is 12.1. The molecule has 0 fully saturated rings. The standard InChI is InChI=1S/C19H29N2O8PS/c1-13(2)12-16(17(22)23)20-30(27,28-10-11-31-18(24)19(3,4)5)29-15-8-6-14(7-9-15)21(25)26/h6-9,13,16H,10-12H2,1-5H3,(H,20,27)(H,22,23)/t16-,30?/m0/s1. The van der Waals surface area contributed by atoms with E-state index in [0.717, 1.165) is 11.8 Å². The number of hydrogen-bond donors (Lipinski definition) is 2. The van der Waals surface area contributed by atoms with Crippen molar-refractivity contribution in [1.29, 1.82) is 0 Å². The van der Waals surface area contributed by atoms with Gasteiger partial charge in [-0.3, -0.25) is 24.2 Å². The first kappa shape index (κ1) is 27.1. The van der Waals surface area contributed by atoms with Crippen LogP contribution in [-0.2, 0) is 18.7 Å². The van der Waals surface area contributed by atoms with Gasteiger partial charge in [0.2, 0.25) is 0 Å². The van der Waals surface area contributed by atoms with E-state index >= 15 is 0 Å². The summed E-state index contributed by atoms with van der Waals surface area (Å²) in [6, 6.07) is 3.62. The number of benzene rings is 1. The third-order valence-corrected chi connectivity index (χ3v) is 6.63. The number of nitrogens with zero attached hydrogens (tertiary/aromatic N) is 1. The Kier molecular flexibility index (Phi) is 10.2. The number of nitrogens with one attached hydrogen (secondary N) is 1. The number of carbonyl (C=O) groups excluding carboxylic acids is 1. The molecule has 1 aromatic carbocycles. The third kappa shape index (κ3) is 9.82. The molecule has 0 radical (unpaired) electrons. The molecule has 2 N–H and O–H groups in total. The van der Waals surface area contributed by atoms with Crippen molar-refractivity contribution in [3.63, 3.8) is 0 Å². The van der Waals surface area contributed by atoms with Crippen molar-refractivity contribution in [3.05, 3.63) is 34.4 Å². The second-order valence-corrected chi connectivity index (χ2v) is 11.0.